The molecule has 20 heavy (non-hydrogen) atoms. The molecule has 5 heteroatoms. The highest BCUT2D eigenvalue weighted by molar-refractivity contribution is 5.92. The lowest BCUT2D eigenvalue weighted by atomic mass is 10.2. The van der Waals surface area contributed by atoms with Crippen molar-refractivity contribution in [1.29, 1.82) is 0 Å². The number of aromatic nitrogens is 1. The fourth-order valence-corrected chi connectivity index (χ4v) is 1.84. The zero-order valence-electron chi connectivity index (χ0n) is 11.4. The maximum atomic E-state index is 13.1. The fourth-order valence-electron chi connectivity index (χ4n) is 1.84. The van der Waals surface area contributed by atoms with E-state index in [1.54, 1.807) is 44.6 Å². The second kappa shape index (κ2) is 6.14. The number of hydrogen-bond acceptors (Lipinski definition) is 3. The Labute approximate surface area is 117 Å². The number of anilines is 1. The summed E-state index contributed by atoms with van der Waals surface area (Å²) in [5.74, 6) is -0.503. The molecule has 2 rings (SSSR count). The molecule has 0 aliphatic heterocycles. The van der Waals surface area contributed by atoms with Crippen LogP contribution in [0.25, 0.3) is 0 Å². The number of carbonyl (C=O) groups excluding carboxylic acids is 1. The van der Waals surface area contributed by atoms with E-state index in [1.807, 2.05) is 0 Å². The van der Waals surface area contributed by atoms with Crippen LogP contribution in [0.4, 0.5) is 10.1 Å². The molecule has 0 unspecified atom stereocenters. The summed E-state index contributed by atoms with van der Waals surface area (Å²) in [7, 11) is 3.45. The molecule has 1 amide bonds. The van der Waals surface area contributed by atoms with Crippen molar-refractivity contribution in [2.75, 3.05) is 19.4 Å². The van der Waals surface area contributed by atoms with Crippen LogP contribution in [0.5, 0.6) is 0 Å². The Morgan fingerprint density at radius 3 is 2.75 bits per heavy atom. The third kappa shape index (κ3) is 3.32. The van der Waals surface area contributed by atoms with Crippen molar-refractivity contribution in [3.63, 3.8) is 0 Å². The zero-order valence-corrected chi connectivity index (χ0v) is 11.4. The van der Waals surface area contributed by atoms with Gasteiger partial charge in [0.15, 0.2) is 0 Å². The molecule has 1 N–H and O–H groups in total. The molecule has 104 valence electrons. The molecule has 0 spiro atoms. The topological polar surface area (TPSA) is 45.2 Å². The van der Waals surface area contributed by atoms with Crippen LogP contribution in [0.3, 0.4) is 0 Å². The Hall–Kier alpha value is -2.43. The maximum Gasteiger partial charge on any atom is 0.272 e. The predicted molar refractivity (Wildman–Crippen MR) is 76.0 cm³/mol. The van der Waals surface area contributed by atoms with Gasteiger partial charge in [-0.15, -0.1) is 0 Å². The summed E-state index contributed by atoms with van der Waals surface area (Å²) >= 11 is 0. The van der Waals surface area contributed by atoms with Gasteiger partial charge in [0, 0.05) is 20.6 Å². The molecule has 4 nitrogen and oxygen atoms in total. The van der Waals surface area contributed by atoms with Crippen LogP contribution in [0, 0.1) is 5.82 Å². The van der Waals surface area contributed by atoms with Crippen LogP contribution in [0.15, 0.2) is 42.6 Å². The molecule has 0 saturated heterocycles. The van der Waals surface area contributed by atoms with Gasteiger partial charge < -0.3 is 10.2 Å². The van der Waals surface area contributed by atoms with E-state index in [0.29, 0.717) is 12.2 Å². The molecule has 1 heterocycles. The number of nitrogens with zero attached hydrogens (tertiary/aromatic N) is 2. The summed E-state index contributed by atoms with van der Waals surface area (Å²) in [5.41, 5.74) is 1.95. The average Bonchev–Trinajstić information content (AvgIpc) is 2.46. The van der Waals surface area contributed by atoms with Gasteiger partial charge in [0.2, 0.25) is 0 Å². The van der Waals surface area contributed by atoms with Crippen LogP contribution in [0.2, 0.25) is 0 Å². The van der Waals surface area contributed by atoms with Gasteiger partial charge in [-0.25, -0.2) is 9.37 Å². The lowest BCUT2D eigenvalue weighted by Crippen LogP contribution is -2.27. The first-order valence-electron chi connectivity index (χ1n) is 6.24. The fraction of sp³-hybridized carbons (Fsp3) is 0.200. The number of pyridine rings is 1. The lowest BCUT2D eigenvalue weighted by Gasteiger charge is -2.17. The van der Waals surface area contributed by atoms with Crippen molar-refractivity contribution in [3.05, 3.63) is 59.7 Å². The summed E-state index contributed by atoms with van der Waals surface area (Å²) in [4.78, 5) is 17.8. The first-order valence-corrected chi connectivity index (χ1v) is 6.24. The van der Waals surface area contributed by atoms with Crippen LogP contribution in [-0.4, -0.2) is 29.9 Å². The zero-order chi connectivity index (χ0) is 14.5. The molecule has 1 aromatic heterocycles. The second-order valence-corrected chi connectivity index (χ2v) is 4.47. The molecule has 0 radical (unpaired) electrons. The van der Waals surface area contributed by atoms with Crippen molar-refractivity contribution < 1.29 is 9.18 Å². The highest BCUT2D eigenvalue weighted by atomic mass is 19.1. The number of rotatable bonds is 4. The summed E-state index contributed by atoms with van der Waals surface area (Å²) in [6.07, 6.45) is 1.60. The largest absolute Gasteiger partial charge is 0.387 e. The van der Waals surface area contributed by atoms with E-state index in [2.05, 4.69) is 10.3 Å². The van der Waals surface area contributed by atoms with Crippen LogP contribution >= 0.6 is 0 Å². The molecule has 2 aromatic rings. The number of carbonyl (C=O) groups is 1. The van der Waals surface area contributed by atoms with Crippen LogP contribution in [-0.2, 0) is 6.54 Å². The molecule has 0 saturated carbocycles. The normalized spacial score (nSPS) is 10.2. The van der Waals surface area contributed by atoms with Gasteiger partial charge in [0.05, 0.1) is 11.9 Å². The predicted octanol–water partition coefficient (Wildman–Crippen LogP) is 2.53. The minimum atomic E-state index is -0.306. The minimum Gasteiger partial charge on any atom is -0.387 e. The second-order valence-electron chi connectivity index (χ2n) is 4.47. The molecule has 0 aliphatic rings. The van der Waals surface area contributed by atoms with Gasteiger partial charge in [-0.3, -0.25) is 4.79 Å². The van der Waals surface area contributed by atoms with Crippen LogP contribution < -0.4 is 5.32 Å². The molecule has 0 bridgehead atoms. The number of benzene rings is 1. The maximum absolute atomic E-state index is 13.1. The number of hydrogen-bond donors (Lipinski definition) is 1. The van der Waals surface area contributed by atoms with Gasteiger partial charge in [0.1, 0.15) is 11.5 Å². The number of nitrogens with one attached hydrogen (secondary N) is 1. The Bertz CT molecular complexity index is 598. The first kappa shape index (κ1) is 14.0. The van der Waals surface area contributed by atoms with E-state index in [4.69, 9.17) is 0 Å². The molecule has 0 aliphatic carbocycles. The molecular formula is C15H16FN3O. The van der Waals surface area contributed by atoms with E-state index >= 15 is 0 Å². The molecule has 0 fully saturated rings. The summed E-state index contributed by atoms with van der Waals surface area (Å²) < 4.78 is 13.1. The SMILES string of the molecule is CNc1ccc(C(=O)N(C)Cc2cccc(F)c2)nc1. The number of amides is 1. The Balaban J connectivity index is 2.07. The van der Waals surface area contributed by atoms with Crippen molar-refractivity contribution in [2.24, 2.45) is 0 Å². The van der Waals surface area contributed by atoms with Crippen molar-refractivity contribution in [1.82, 2.24) is 9.88 Å². The smallest absolute Gasteiger partial charge is 0.272 e. The van der Waals surface area contributed by atoms with Crippen LogP contribution in [0.1, 0.15) is 16.1 Å². The van der Waals surface area contributed by atoms with Crippen molar-refractivity contribution >= 4 is 11.6 Å². The van der Waals surface area contributed by atoms with Gasteiger partial charge in [-0.05, 0) is 29.8 Å². The summed E-state index contributed by atoms with van der Waals surface area (Å²) in [6.45, 7) is 0.339. The standard InChI is InChI=1S/C15H16FN3O/c1-17-13-6-7-14(18-9-13)15(20)19(2)10-11-4-3-5-12(16)8-11/h3-9,17H,10H2,1-2H3. The van der Waals surface area contributed by atoms with Gasteiger partial charge in [0.25, 0.3) is 5.91 Å². The Morgan fingerprint density at radius 2 is 2.15 bits per heavy atom. The third-order valence-electron chi connectivity index (χ3n) is 2.93. The molecule has 0 atom stereocenters. The molecular weight excluding hydrogens is 257 g/mol. The lowest BCUT2D eigenvalue weighted by molar-refractivity contribution is 0.0779. The van der Waals surface area contributed by atoms with Gasteiger partial charge in [-0.2, -0.15) is 0 Å². The quantitative estimate of drug-likeness (QED) is 0.931. The summed E-state index contributed by atoms with van der Waals surface area (Å²) in [5, 5.41) is 2.94. The van der Waals surface area contributed by atoms with E-state index in [9.17, 15) is 9.18 Å². The van der Waals surface area contributed by atoms with E-state index in [1.165, 1.54) is 17.0 Å². The minimum absolute atomic E-state index is 0.197. The monoisotopic (exact) mass is 273 g/mol. The van der Waals surface area contributed by atoms with Crippen molar-refractivity contribution in [2.45, 2.75) is 6.54 Å². The summed E-state index contributed by atoms with van der Waals surface area (Å²) in [6, 6.07) is 9.66. The highest BCUT2D eigenvalue weighted by Gasteiger charge is 2.13. The Kier molecular flexibility index (Phi) is 4.30. The number of halogens is 1. The average molecular weight is 273 g/mol. The Morgan fingerprint density at radius 1 is 1.35 bits per heavy atom. The van der Waals surface area contributed by atoms with Gasteiger partial charge in [-0.1, -0.05) is 12.1 Å². The van der Waals surface area contributed by atoms with Crippen molar-refractivity contribution in [3.8, 4) is 0 Å². The molecule has 1 aromatic carbocycles. The van der Waals surface area contributed by atoms with E-state index in [0.717, 1.165) is 11.3 Å². The van der Waals surface area contributed by atoms with E-state index < -0.39 is 0 Å². The van der Waals surface area contributed by atoms with Gasteiger partial charge >= 0.3 is 0 Å². The van der Waals surface area contributed by atoms with E-state index in [-0.39, 0.29) is 11.7 Å². The highest BCUT2D eigenvalue weighted by Crippen LogP contribution is 2.10. The third-order valence-corrected chi connectivity index (χ3v) is 2.93. The first-order chi connectivity index (χ1) is 9.60.